The molecule has 454 valence electrons. The lowest BCUT2D eigenvalue weighted by Crippen LogP contribution is -2.61. The highest BCUT2D eigenvalue weighted by atomic mass is 16.7. The smallest absolute Gasteiger partial charge is 0.306 e. The van der Waals surface area contributed by atoms with Crippen molar-refractivity contribution in [2.24, 2.45) is 0 Å². The van der Waals surface area contributed by atoms with Crippen LogP contribution in [-0.2, 0) is 23.8 Å². The minimum atomic E-state index is -1.63. The van der Waals surface area contributed by atoms with Crippen molar-refractivity contribution in [3.63, 3.8) is 0 Å². The van der Waals surface area contributed by atoms with E-state index in [0.717, 1.165) is 77.0 Å². The minimum absolute atomic E-state index is 0.0542. The predicted molar refractivity (Wildman–Crippen MR) is 329 cm³/mol. The summed E-state index contributed by atoms with van der Waals surface area (Å²) in [5.74, 6) is -1.29. The van der Waals surface area contributed by atoms with Gasteiger partial charge in [-0.2, -0.15) is 0 Å². The average molecular weight is 1110 g/mol. The Balaban J connectivity index is 2.73. The highest BCUT2D eigenvalue weighted by molar-refractivity contribution is 5.81. The normalized spacial score (nSPS) is 19.5. The van der Waals surface area contributed by atoms with E-state index in [1.165, 1.54) is 135 Å². The van der Waals surface area contributed by atoms with Gasteiger partial charge in [-0.1, -0.05) is 259 Å². The molecule has 8 unspecified atom stereocenters. The number of nitrogens with one attached hydrogen (secondary N) is 1. The maximum Gasteiger partial charge on any atom is 0.306 e. The highest BCUT2D eigenvalue weighted by Crippen LogP contribution is 2.26. The summed E-state index contributed by atoms with van der Waals surface area (Å²) < 4.78 is 17.6. The Morgan fingerprint density at radius 2 is 0.911 bits per heavy atom. The van der Waals surface area contributed by atoms with Crippen LogP contribution in [0.5, 0.6) is 0 Å². The molecule has 79 heavy (non-hydrogen) atoms. The number of hydrogen-bond acceptors (Lipinski definition) is 10. The zero-order valence-corrected chi connectivity index (χ0v) is 50.2. The lowest BCUT2D eigenvalue weighted by molar-refractivity contribution is -0.305. The maximum absolute atomic E-state index is 13.4. The Bertz CT molecular complexity index is 1650. The van der Waals surface area contributed by atoms with Gasteiger partial charge in [-0.15, -0.1) is 0 Å². The van der Waals surface area contributed by atoms with Gasteiger partial charge < -0.3 is 45.1 Å². The first kappa shape index (κ1) is 73.6. The number of aliphatic hydroxyl groups is 5. The van der Waals surface area contributed by atoms with Crippen molar-refractivity contribution in [3.8, 4) is 0 Å². The number of amides is 1. The molecule has 1 heterocycles. The van der Waals surface area contributed by atoms with Gasteiger partial charge >= 0.3 is 5.97 Å². The molecule has 0 aromatic rings. The second-order valence-corrected chi connectivity index (χ2v) is 21.8. The Kier molecular flexibility index (Phi) is 51.4. The minimum Gasteiger partial charge on any atom is -0.454 e. The van der Waals surface area contributed by atoms with Crippen molar-refractivity contribution in [1.29, 1.82) is 0 Å². The Hall–Kier alpha value is -3.42. The van der Waals surface area contributed by atoms with Gasteiger partial charge in [-0.25, -0.2) is 0 Å². The molecule has 1 aliphatic heterocycles. The first-order chi connectivity index (χ1) is 38.7. The van der Waals surface area contributed by atoms with Crippen molar-refractivity contribution in [1.82, 2.24) is 5.32 Å². The molecule has 0 bridgehead atoms. The molecule has 1 aliphatic rings. The average Bonchev–Trinajstić information content (AvgIpc) is 3.49. The van der Waals surface area contributed by atoms with Crippen LogP contribution in [0, 0.1) is 0 Å². The molecule has 0 spiro atoms. The molecule has 11 nitrogen and oxygen atoms in total. The van der Waals surface area contributed by atoms with Crippen LogP contribution in [-0.4, -0.2) is 99.6 Å². The van der Waals surface area contributed by atoms with Crippen molar-refractivity contribution in [2.75, 3.05) is 13.2 Å². The van der Waals surface area contributed by atoms with Crippen LogP contribution >= 0.6 is 0 Å². The van der Waals surface area contributed by atoms with Gasteiger partial charge in [0.05, 0.1) is 25.4 Å². The fourth-order valence-electron chi connectivity index (χ4n) is 9.43. The summed E-state index contributed by atoms with van der Waals surface area (Å²) in [6, 6.07) is -1.07. The summed E-state index contributed by atoms with van der Waals surface area (Å²) in [4.78, 5) is 26.5. The van der Waals surface area contributed by atoms with E-state index in [0.29, 0.717) is 12.8 Å². The van der Waals surface area contributed by atoms with Crippen molar-refractivity contribution in [2.45, 2.75) is 307 Å². The third-order valence-electron chi connectivity index (χ3n) is 14.5. The van der Waals surface area contributed by atoms with Crippen molar-refractivity contribution in [3.05, 3.63) is 97.2 Å². The summed E-state index contributed by atoms with van der Waals surface area (Å²) >= 11 is 0. The summed E-state index contributed by atoms with van der Waals surface area (Å²) in [5, 5.41) is 56.9. The number of esters is 1. The van der Waals surface area contributed by atoms with Gasteiger partial charge in [0.1, 0.15) is 24.4 Å². The third-order valence-corrected chi connectivity index (χ3v) is 14.5. The molecule has 6 N–H and O–H groups in total. The van der Waals surface area contributed by atoms with Gasteiger partial charge in [0, 0.05) is 12.8 Å². The molecule has 11 heteroatoms. The number of carbonyl (C=O) groups excluding carboxylic acids is 2. The standard InChI is InChI=1S/C68H117NO10/c1-4-7-10-13-16-19-22-25-27-29-31-33-35-38-41-44-47-50-53-56-63(73)79-66-65(75)64(74)62(57-70)78-68(66)77-58-59(60(71)54-51-48-45-42-39-36-24-21-18-15-12-9-6-3)69-67(76)61(72)55-52-49-46-43-40-37-34-32-30-28-26-23-20-17-14-11-8-5-2/h8,11,17,20,25-28,32,34,40,43,49,51-52,54,59-62,64-66,68,70-72,74-75H,4-7,9-10,12-16,18-19,21-24,29-31,33,35-39,41-42,44-48,50,53,55-58H2,1-3H3,(H,69,76)/b11-8-,20-17-,27-25+,28-26-,34-32-,43-40-,52-49-,54-51+. The molecular formula is C68H117NO10. The van der Waals surface area contributed by atoms with Crippen LogP contribution in [0.4, 0.5) is 0 Å². The van der Waals surface area contributed by atoms with Gasteiger partial charge in [0.2, 0.25) is 5.91 Å². The van der Waals surface area contributed by atoms with Gasteiger partial charge in [0.15, 0.2) is 12.4 Å². The second-order valence-electron chi connectivity index (χ2n) is 21.8. The van der Waals surface area contributed by atoms with E-state index >= 15 is 0 Å². The number of carbonyl (C=O) groups is 2. The first-order valence-corrected chi connectivity index (χ1v) is 32.0. The molecular weight excluding hydrogens is 991 g/mol. The molecule has 0 aromatic carbocycles. The maximum atomic E-state index is 13.4. The molecule has 1 amide bonds. The molecule has 8 atom stereocenters. The van der Waals surface area contributed by atoms with E-state index in [2.05, 4.69) is 92.9 Å². The van der Waals surface area contributed by atoms with E-state index in [-0.39, 0.29) is 19.4 Å². The Morgan fingerprint density at radius 1 is 0.506 bits per heavy atom. The third kappa shape index (κ3) is 43.0. The summed E-state index contributed by atoms with van der Waals surface area (Å²) in [7, 11) is 0. The zero-order valence-electron chi connectivity index (χ0n) is 50.2. The first-order valence-electron chi connectivity index (χ1n) is 32.0. The zero-order chi connectivity index (χ0) is 57.5. The van der Waals surface area contributed by atoms with Crippen LogP contribution in [0.25, 0.3) is 0 Å². The van der Waals surface area contributed by atoms with Crippen LogP contribution in [0.3, 0.4) is 0 Å². The molecule has 0 saturated carbocycles. The summed E-state index contributed by atoms with van der Waals surface area (Å²) in [6.45, 7) is 5.63. The molecule has 1 fully saturated rings. The number of unbranched alkanes of at least 4 members (excludes halogenated alkanes) is 26. The van der Waals surface area contributed by atoms with Gasteiger partial charge in [-0.05, 0) is 83.5 Å². The molecule has 1 saturated heterocycles. The number of hydrogen-bond donors (Lipinski definition) is 6. The Morgan fingerprint density at radius 3 is 1.35 bits per heavy atom. The molecule has 0 radical (unpaired) electrons. The van der Waals surface area contributed by atoms with Crippen LogP contribution in [0.15, 0.2) is 97.2 Å². The monoisotopic (exact) mass is 1110 g/mol. The lowest BCUT2D eigenvalue weighted by atomic mass is 9.99. The quantitative estimate of drug-likeness (QED) is 0.0195. The van der Waals surface area contributed by atoms with E-state index in [9.17, 15) is 35.1 Å². The van der Waals surface area contributed by atoms with Crippen LogP contribution in [0.1, 0.15) is 258 Å². The van der Waals surface area contributed by atoms with E-state index in [1.807, 2.05) is 18.2 Å². The fourth-order valence-corrected chi connectivity index (χ4v) is 9.43. The SMILES string of the molecule is CC/C=C\C/C=C\C/C=C\C/C=C\C/C=C\C/C=C\CC(O)C(=O)NC(COC1OC(CO)C(O)C(O)C1OC(=O)CCCCCCCCCCC/C=C/CCCCCCCC)C(O)/C=C/CCCCCCCCCCCCC. The largest absolute Gasteiger partial charge is 0.454 e. The van der Waals surface area contributed by atoms with Gasteiger partial charge in [0.25, 0.3) is 0 Å². The summed E-state index contributed by atoms with van der Waals surface area (Å²) in [5.41, 5.74) is 0. The van der Waals surface area contributed by atoms with E-state index in [4.69, 9.17) is 14.2 Å². The number of ether oxygens (including phenoxy) is 3. The molecule has 0 aliphatic carbocycles. The number of allylic oxidation sites excluding steroid dienone is 14. The molecule has 1 rings (SSSR count). The van der Waals surface area contributed by atoms with Crippen LogP contribution in [0.2, 0.25) is 0 Å². The topological polar surface area (TPSA) is 175 Å². The number of rotatable bonds is 53. The lowest BCUT2D eigenvalue weighted by Gasteiger charge is -2.41. The summed E-state index contributed by atoms with van der Waals surface area (Å²) in [6.07, 6.45) is 63.2. The van der Waals surface area contributed by atoms with Crippen molar-refractivity contribution >= 4 is 11.9 Å². The Labute approximate surface area is 482 Å². The van der Waals surface area contributed by atoms with Gasteiger partial charge in [-0.3, -0.25) is 9.59 Å². The highest BCUT2D eigenvalue weighted by Gasteiger charge is 2.47. The van der Waals surface area contributed by atoms with E-state index < -0.39 is 67.4 Å². The molecule has 0 aromatic heterocycles. The van der Waals surface area contributed by atoms with E-state index in [1.54, 1.807) is 12.2 Å². The van der Waals surface area contributed by atoms with Crippen molar-refractivity contribution < 1.29 is 49.3 Å². The fraction of sp³-hybridized carbons (Fsp3) is 0.735. The predicted octanol–water partition coefficient (Wildman–Crippen LogP) is 15.5. The second kappa shape index (κ2) is 55.1. The van der Waals surface area contributed by atoms with Crippen LogP contribution < -0.4 is 5.32 Å². The number of aliphatic hydroxyl groups excluding tert-OH is 5.